The van der Waals surface area contributed by atoms with Crippen LogP contribution >= 0.6 is 0 Å². The van der Waals surface area contributed by atoms with Crippen LogP contribution in [0, 0.1) is 19.8 Å². The molecule has 7 heteroatoms. The second-order valence-electron chi connectivity index (χ2n) is 5.48. The molecule has 0 aromatic carbocycles. The fourth-order valence-corrected chi connectivity index (χ4v) is 2.66. The van der Waals surface area contributed by atoms with Crippen molar-refractivity contribution in [1.82, 2.24) is 15.1 Å². The zero-order valence-electron chi connectivity index (χ0n) is 13.1. The molecule has 0 bridgehead atoms. The fourth-order valence-electron chi connectivity index (χ4n) is 2.66. The van der Waals surface area contributed by atoms with Gasteiger partial charge in [0, 0.05) is 13.1 Å². The number of rotatable bonds is 3. The molecule has 1 saturated heterocycles. The van der Waals surface area contributed by atoms with Crippen LogP contribution in [0.25, 0.3) is 0 Å². The number of hydrogen-bond acceptors (Lipinski definition) is 5. The van der Waals surface area contributed by atoms with Crippen molar-refractivity contribution in [3.63, 3.8) is 0 Å². The van der Waals surface area contributed by atoms with Crippen LogP contribution in [0.4, 0.5) is 0 Å². The van der Waals surface area contributed by atoms with Crippen LogP contribution in [-0.2, 0) is 9.53 Å². The highest BCUT2D eigenvalue weighted by atomic mass is 16.5. The van der Waals surface area contributed by atoms with Crippen LogP contribution in [0.3, 0.4) is 0 Å². The van der Waals surface area contributed by atoms with Crippen molar-refractivity contribution >= 4 is 11.9 Å². The van der Waals surface area contributed by atoms with E-state index < -0.39 is 5.56 Å². The first-order valence-corrected chi connectivity index (χ1v) is 7.47. The minimum Gasteiger partial charge on any atom is -0.466 e. The molecule has 0 radical (unpaired) electrons. The number of nitrogens with zero attached hydrogens (tertiary/aromatic N) is 2. The Morgan fingerprint density at radius 3 is 2.82 bits per heavy atom. The van der Waals surface area contributed by atoms with Gasteiger partial charge >= 0.3 is 5.97 Å². The predicted molar refractivity (Wildman–Crippen MR) is 79.6 cm³/mol. The highest BCUT2D eigenvalue weighted by Crippen LogP contribution is 2.20. The summed E-state index contributed by atoms with van der Waals surface area (Å²) >= 11 is 0. The van der Waals surface area contributed by atoms with Crippen molar-refractivity contribution in [3.8, 4) is 0 Å². The van der Waals surface area contributed by atoms with E-state index in [4.69, 9.17) is 4.74 Å². The van der Waals surface area contributed by atoms with E-state index in [1.807, 2.05) is 0 Å². The topological polar surface area (TPSA) is 92.4 Å². The van der Waals surface area contributed by atoms with Crippen molar-refractivity contribution < 1.29 is 14.3 Å². The van der Waals surface area contributed by atoms with Crippen molar-refractivity contribution in [2.75, 3.05) is 19.7 Å². The zero-order chi connectivity index (χ0) is 16.3. The Labute approximate surface area is 128 Å². The number of carbonyl (C=O) groups excluding carboxylic acids is 2. The predicted octanol–water partition coefficient (Wildman–Crippen LogP) is 0.802. The molecular weight excluding hydrogens is 286 g/mol. The summed E-state index contributed by atoms with van der Waals surface area (Å²) in [7, 11) is 0. The SMILES string of the molecule is CCOC(=O)C1CCCN(C(=O)c2c(C)c(C)n[nH]c2=O)C1. The van der Waals surface area contributed by atoms with Gasteiger partial charge in [0.05, 0.1) is 18.2 Å². The standard InChI is InChI=1S/C15H21N3O4/c1-4-22-15(21)11-6-5-7-18(8-11)14(20)12-9(2)10(3)16-17-13(12)19/h11H,4-8H2,1-3H3,(H,17,19). The second kappa shape index (κ2) is 6.72. The number of amides is 1. The molecule has 0 aliphatic carbocycles. The van der Waals surface area contributed by atoms with Crippen LogP contribution in [0.2, 0.25) is 0 Å². The monoisotopic (exact) mass is 307 g/mol. The summed E-state index contributed by atoms with van der Waals surface area (Å²) in [4.78, 5) is 38.0. The van der Waals surface area contributed by atoms with Gasteiger partial charge in [-0.15, -0.1) is 0 Å². The molecule has 1 atom stereocenters. The minimum atomic E-state index is -0.494. The van der Waals surface area contributed by atoms with Crippen LogP contribution in [0.1, 0.15) is 41.4 Å². The van der Waals surface area contributed by atoms with Gasteiger partial charge in [-0.05, 0) is 39.2 Å². The molecule has 7 nitrogen and oxygen atoms in total. The van der Waals surface area contributed by atoms with Crippen LogP contribution in [0.15, 0.2) is 4.79 Å². The van der Waals surface area contributed by atoms with E-state index in [0.717, 1.165) is 6.42 Å². The van der Waals surface area contributed by atoms with Crippen molar-refractivity contribution in [3.05, 3.63) is 27.2 Å². The van der Waals surface area contributed by atoms with E-state index in [9.17, 15) is 14.4 Å². The van der Waals surface area contributed by atoms with Crippen LogP contribution < -0.4 is 5.56 Å². The molecule has 120 valence electrons. The van der Waals surface area contributed by atoms with Gasteiger partial charge in [-0.2, -0.15) is 5.10 Å². The summed E-state index contributed by atoms with van der Waals surface area (Å²) in [5.41, 5.74) is 0.803. The molecule has 1 aliphatic rings. The Kier molecular flexibility index (Phi) is 4.95. The summed E-state index contributed by atoms with van der Waals surface area (Å²) in [5.74, 6) is -0.949. The first kappa shape index (κ1) is 16.2. The third-order valence-corrected chi connectivity index (χ3v) is 4.01. The fraction of sp³-hybridized carbons (Fsp3) is 0.600. The maximum atomic E-state index is 12.6. The molecule has 22 heavy (non-hydrogen) atoms. The first-order valence-electron chi connectivity index (χ1n) is 7.47. The van der Waals surface area contributed by atoms with Crippen LogP contribution in [0.5, 0.6) is 0 Å². The Balaban J connectivity index is 2.21. The quantitative estimate of drug-likeness (QED) is 0.834. The number of piperidine rings is 1. The lowest BCUT2D eigenvalue weighted by Gasteiger charge is -2.31. The van der Waals surface area contributed by atoms with E-state index in [1.54, 1.807) is 25.7 Å². The number of carbonyl (C=O) groups is 2. The van der Waals surface area contributed by atoms with Gasteiger partial charge in [0.25, 0.3) is 11.5 Å². The number of H-pyrrole nitrogens is 1. The average Bonchev–Trinajstić information content (AvgIpc) is 2.51. The maximum Gasteiger partial charge on any atom is 0.310 e. The van der Waals surface area contributed by atoms with Gasteiger partial charge in [-0.3, -0.25) is 14.4 Å². The molecule has 1 unspecified atom stereocenters. The van der Waals surface area contributed by atoms with Crippen molar-refractivity contribution in [2.45, 2.75) is 33.6 Å². The first-order chi connectivity index (χ1) is 10.5. The van der Waals surface area contributed by atoms with Gasteiger partial charge in [0.1, 0.15) is 5.56 Å². The van der Waals surface area contributed by atoms with Crippen LogP contribution in [-0.4, -0.2) is 46.7 Å². The normalized spacial score (nSPS) is 18.1. The summed E-state index contributed by atoms with van der Waals surface area (Å²) in [6, 6.07) is 0. The molecule has 1 fully saturated rings. The smallest absolute Gasteiger partial charge is 0.310 e. The number of nitrogens with one attached hydrogen (secondary N) is 1. The third-order valence-electron chi connectivity index (χ3n) is 4.01. The highest BCUT2D eigenvalue weighted by Gasteiger charge is 2.31. The molecule has 1 amide bonds. The van der Waals surface area contributed by atoms with E-state index in [-0.39, 0.29) is 29.9 Å². The summed E-state index contributed by atoms with van der Waals surface area (Å²) in [6.07, 6.45) is 1.42. The average molecular weight is 307 g/mol. The molecule has 0 spiro atoms. The van der Waals surface area contributed by atoms with Gasteiger partial charge in [0.2, 0.25) is 0 Å². The third kappa shape index (κ3) is 3.18. The molecule has 1 aromatic heterocycles. The summed E-state index contributed by atoms with van der Waals surface area (Å²) in [6.45, 7) is 6.35. The zero-order valence-corrected chi connectivity index (χ0v) is 13.1. The number of aryl methyl sites for hydroxylation is 1. The number of likely N-dealkylation sites (tertiary alicyclic amines) is 1. The molecule has 1 aromatic rings. The number of hydrogen-bond donors (Lipinski definition) is 1. The number of aromatic nitrogens is 2. The molecule has 2 heterocycles. The number of ether oxygens (including phenoxy) is 1. The van der Waals surface area contributed by atoms with Gasteiger partial charge < -0.3 is 9.64 Å². The second-order valence-corrected chi connectivity index (χ2v) is 5.48. The lowest BCUT2D eigenvalue weighted by Crippen LogP contribution is -2.44. The Morgan fingerprint density at radius 1 is 1.41 bits per heavy atom. The van der Waals surface area contributed by atoms with E-state index in [0.29, 0.717) is 30.8 Å². The lowest BCUT2D eigenvalue weighted by atomic mass is 9.97. The van der Waals surface area contributed by atoms with Gasteiger partial charge in [-0.1, -0.05) is 0 Å². The minimum absolute atomic E-state index is 0.108. The van der Waals surface area contributed by atoms with E-state index in [1.165, 1.54) is 0 Å². The van der Waals surface area contributed by atoms with Crippen molar-refractivity contribution in [1.29, 1.82) is 0 Å². The molecular formula is C15H21N3O4. The Morgan fingerprint density at radius 2 is 2.14 bits per heavy atom. The Bertz CT molecular complexity index is 638. The largest absolute Gasteiger partial charge is 0.466 e. The lowest BCUT2D eigenvalue weighted by molar-refractivity contribution is -0.149. The summed E-state index contributed by atoms with van der Waals surface area (Å²) < 4.78 is 5.03. The highest BCUT2D eigenvalue weighted by molar-refractivity contribution is 5.95. The number of esters is 1. The maximum absolute atomic E-state index is 12.6. The molecule has 1 aliphatic heterocycles. The molecule has 2 rings (SSSR count). The number of aromatic amines is 1. The van der Waals surface area contributed by atoms with Gasteiger partial charge in [0.15, 0.2) is 0 Å². The van der Waals surface area contributed by atoms with E-state index >= 15 is 0 Å². The Hall–Kier alpha value is -2.18. The van der Waals surface area contributed by atoms with Crippen molar-refractivity contribution in [2.24, 2.45) is 5.92 Å². The molecule has 0 saturated carbocycles. The van der Waals surface area contributed by atoms with Gasteiger partial charge in [-0.25, -0.2) is 5.10 Å². The summed E-state index contributed by atoms with van der Waals surface area (Å²) in [5, 5.41) is 6.19. The molecule has 1 N–H and O–H groups in total. The van der Waals surface area contributed by atoms with E-state index in [2.05, 4.69) is 10.2 Å².